The van der Waals surface area contributed by atoms with E-state index in [2.05, 4.69) is 9.97 Å². The van der Waals surface area contributed by atoms with Crippen LogP contribution in [0, 0.1) is 5.82 Å². The maximum atomic E-state index is 13.9. The van der Waals surface area contributed by atoms with Crippen LogP contribution in [0.25, 0.3) is 0 Å². The monoisotopic (exact) mass is 331 g/mol. The van der Waals surface area contributed by atoms with Crippen molar-refractivity contribution in [2.75, 3.05) is 19.7 Å². The zero-order valence-electron chi connectivity index (χ0n) is 12.6. The molecule has 1 aliphatic heterocycles. The summed E-state index contributed by atoms with van der Waals surface area (Å²) in [6.07, 6.45) is 1.60. The lowest BCUT2D eigenvalue weighted by Crippen LogP contribution is -2.42. The molecule has 7 nitrogen and oxygen atoms in total. The van der Waals surface area contributed by atoms with E-state index < -0.39 is 18.0 Å². The number of carbonyl (C=O) groups is 2. The van der Waals surface area contributed by atoms with Crippen LogP contribution in [0.15, 0.2) is 36.7 Å². The summed E-state index contributed by atoms with van der Waals surface area (Å²) in [6, 6.07) is 6.26. The van der Waals surface area contributed by atoms with E-state index >= 15 is 0 Å². The van der Waals surface area contributed by atoms with E-state index in [0.717, 1.165) is 12.4 Å². The topological polar surface area (TPSA) is 92.6 Å². The second-order valence-electron chi connectivity index (χ2n) is 5.22. The largest absolute Gasteiger partial charge is 0.476 e. The van der Waals surface area contributed by atoms with Crippen LogP contribution in [-0.4, -0.2) is 51.5 Å². The minimum Gasteiger partial charge on any atom is -0.476 e. The summed E-state index contributed by atoms with van der Waals surface area (Å²) >= 11 is 0. The zero-order chi connectivity index (χ0) is 17.1. The number of carbonyl (C=O) groups excluding carboxylic acids is 1. The molecule has 0 bridgehead atoms. The third-order valence-electron chi connectivity index (χ3n) is 3.70. The number of benzene rings is 1. The highest BCUT2D eigenvalue weighted by molar-refractivity contribution is 5.92. The van der Waals surface area contributed by atoms with Gasteiger partial charge in [-0.05, 0) is 6.07 Å². The molecular formula is C16H14FN3O4. The first-order valence-electron chi connectivity index (χ1n) is 7.27. The first-order valence-corrected chi connectivity index (χ1v) is 7.27. The number of carboxylic acid groups (broad SMARTS) is 1. The molecule has 1 aromatic carbocycles. The number of nitrogens with zero attached hydrogens (tertiary/aromatic N) is 3. The van der Waals surface area contributed by atoms with Crippen molar-refractivity contribution < 1.29 is 23.8 Å². The van der Waals surface area contributed by atoms with Crippen LogP contribution < -0.4 is 0 Å². The Hall–Kier alpha value is -2.87. The lowest BCUT2D eigenvalue weighted by Gasteiger charge is -2.33. The number of rotatable bonds is 3. The quantitative estimate of drug-likeness (QED) is 0.917. The molecule has 0 radical (unpaired) electrons. The lowest BCUT2D eigenvalue weighted by atomic mass is 10.1. The molecule has 3 rings (SSSR count). The number of carboxylic acids is 1. The van der Waals surface area contributed by atoms with Gasteiger partial charge in [-0.15, -0.1) is 0 Å². The molecule has 24 heavy (non-hydrogen) atoms. The van der Waals surface area contributed by atoms with Gasteiger partial charge in [0, 0.05) is 12.1 Å². The van der Waals surface area contributed by atoms with E-state index in [0.29, 0.717) is 12.1 Å². The molecule has 0 aliphatic carbocycles. The Morgan fingerprint density at radius 3 is 2.58 bits per heavy atom. The van der Waals surface area contributed by atoms with Gasteiger partial charge in [0.05, 0.1) is 25.5 Å². The summed E-state index contributed by atoms with van der Waals surface area (Å²) in [7, 11) is 0. The van der Waals surface area contributed by atoms with Crippen LogP contribution in [0.4, 0.5) is 4.39 Å². The first-order chi connectivity index (χ1) is 11.6. The molecule has 0 saturated carbocycles. The molecule has 1 saturated heterocycles. The Labute approximate surface area is 136 Å². The van der Waals surface area contributed by atoms with Crippen molar-refractivity contribution in [3.8, 4) is 0 Å². The Bertz CT molecular complexity index is 766. The SMILES string of the molecule is O=C(O)c1cnc(C(=O)N2CCOC(c3ccccc3F)C2)cn1. The fraction of sp³-hybridized carbons (Fsp3) is 0.250. The predicted octanol–water partition coefficient (Wildman–Crippen LogP) is 1.53. The van der Waals surface area contributed by atoms with E-state index in [4.69, 9.17) is 9.84 Å². The molecule has 2 aromatic rings. The van der Waals surface area contributed by atoms with E-state index in [1.807, 2.05) is 0 Å². The summed E-state index contributed by atoms with van der Waals surface area (Å²) in [5, 5.41) is 8.80. The zero-order valence-corrected chi connectivity index (χ0v) is 12.6. The highest BCUT2D eigenvalue weighted by Gasteiger charge is 2.28. The standard InChI is InChI=1S/C16H14FN3O4/c17-11-4-2-1-3-10(11)14-9-20(5-6-24-14)15(21)12-7-19-13(8-18-12)16(22)23/h1-4,7-8,14H,5-6,9H2,(H,22,23). The number of aromatic nitrogens is 2. The van der Waals surface area contributed by atoms with Crippen molar-refractivity contribution in [1.82, 2.24) is 14.9 Å². The lowest BCUT2D eigenvalue weighted by molar-refractivity contribution is -0.0245. The highest BCUT2D eigenvalue weighted by atomic mass is 19.1. The molecular weight excluding hydrogens is 317 g/mol. The fourth-order valence-electron chi connectivity index (χ4n) is 2.47. The van der Waals surface area contributed by atoms with Crippen molar-refractivity contribution >= 4 is 11.9 Å². The third-order valence-corrected chi connectivity index (χ3v) is 3.70. The maximum absolute atomic E-state index is 13.9. The van der Waals surface area contributed by atoms with Crippen molar-refractivity contribution in [3.05, 3.63) is 59.4 Å². The summed E-state index contributed by atoms with van der Waals surface area (Å²) in [5.74, 6) is -2.00. The average Bonchev–Trinajstić information content (AvgIpc) is 2.61. The van der Waals surface area contributed by atoms with E-state index in [1.54, 1.807) is 18.2 Å². The van der Waals surface area contributed by atoms with Gasteiger partial charge in [-0.3, -0.25) is 4.79 Å². The van der Waals surface area contributed by atoms with Crippen LogP contribution >= 0.6 is 0 Å². The van der Waals surface area contributed by atoms with Gasteiger partial charge in [-0.2, -0.15) is 0 Å². The molecule has 2 heterocycles. The van der Waals surface area contributed by atoms with Gasteiger partial charge >= 0.3 is 5.97 Å². The molecule has 0 spiro atoms. The summed E-state index contributed by atoms with van der Waals surface area (Å²) in [4.78, 5) is 32.3. The van der Waals surface area contributed by atoms with E-state index in [1.165, 1.54) is 11.0 Å². The molecule has 1 amide bonds. The number of hydrogen-bond donors (Lipinski definition) is 1. The van der Waals surface area contributed by atoms with Gasteiger partial charge in [-0.1, -0.05) is 18.2 Å². The summed E-state index contributed by atoms with van der Waals surface area (Å²) in [5.41, 5.74) is 0.189. The Balaban J connectivity index is 1.75. The molecule has 1 atom stereocenters. The average molecular weight is 331 g/mol. The molecule has 1 aliphatic rings. The second kappa shape index (κ2) is 6.71. The highest BCUT2D eigenvalue weighted by Crippen LogP contribution is 2.25. The van der Waals surface area contributed by atoms with Gasteiger partial charge in [0.2, 0.25) is 0 Å². The predicted molar refractivity (Wildman–Crippen MR) is 80.0 cm³/mol. The van der Waals surface area contributed by atoms with Crippen LogP contribution in [0.3, 0.4) is 0 Å². The van der Waals surface area contributed by atoms with Crippen LogP contribution in [0.2, 0.25) is 0 Å². The summed E-state index contributed by atoms with van der Waals surface area (Å²) < 4.78 is 19.4. The molecule has 1 aromatic heterocycles. The van der Waals surface area contributed by atoms with Gasteiger partial charge in [-0.25, -0.2) is 19.2 Å². The van der Waals surface area contributed by atoms with Crippen molar-refractivity contribution in [3.63, 3.8) is 0 Å². The fourth-order valence-corrected chi connectivity index (χ4v) is 2.47. The van der Waals surface area contributed by atoms with Crippen LogP contribution in [0.5, 0.6) is 0 Å². The van der Waals surface area contributed by atoms with Crippen molar-refractivity contribution in [2.45, 2.75) is 6.10 Å². The number of amides is 1. The first kappa shape index (κ1) is 16.0. The third kappa shape index (κ3) is 3.23. The van der Waals surface area contributed by atoms with Gasteiger partial charge in [0.1, 0.15) is 17.6 Å². The number of ether oxygens (including phenoxy) is 1. The van der Waals surface area contributed by atoms with E-state index in [9.17, 15) is 14.0 Å². The Morgan fingerprint density at radius 1 is 1.21 bits per heavy atom. The smallest absolute Gasteiger partial charge is 0.356 e. The summed E-state index contributed by atoms with van der Waals surface area (Å²) in [6.45, 7) is 0.791. The number of morpholine rings is 1. The minimum atomic E-state index is -1.22. The van der Waals surface area contributed by atoms with E-state index in [-0.39, 0.29) is 30.4 Å². The normalized spacial score (nSPS) is 17.5. The second-order valence-corrected chi connectivity index (χ2v) is 5.22. The van der Waals surface area contributed by atoms with Gasteiger partial charge in [0.15, 0.2) is 5.69 Å². The van der Waals surface area contributed by atoms with Crippen LogP contribution in [-0.2, 0) is 4.74 Å². The number of hydrogen-bond acceptors (Lipinski definition) is 5. The Morgan fingerprint density at radius 2 is 1.92 bits per heavy atom. The Kier molecular flexibility index (Phi) is 4.48. The molecule has 1 unspecified atom stereocenters. The maximum Gasteiger partial charge on any atom is 0.356 e. The number of aromatic carboxylic acids is 1. The molecule has 1 fully saturated rings. The van der Waals surface area contributed by atoms with Crippen LogP contribution in [0.1, 0.15) is 32.6 Å². The minimum absolute atomic E-state index is 0.0363. The molecule has 1 N–H and O–H groups in total. The number of halogens is 1. The van der Waals surface area contributed by atoms with Gasteiger partial charge in [0.25, 0.3) is 5.91 Å². The van der Waals surface area contributed by atoms with Crippen molar-refractivity contribution in [2.24, 2.45) is 0 Å². The van der Waals surface area contributed by atoms with Crippen molar-refractivity contribution in [1.29, 1.82) is 0 Å². The molecule has 8 heteroatoms. The molecule has 124 valence electrons. The van der Waals surface area contributed by atoms with Gasteiger partial charge < -0.3 is 14.7 Å².